The van der Waals surface area contributed by atoms with Gasteiger partial charge in [0.15, 0.2) is 0 Å². The SMILES string of the molecule is COC(=O)[C@@H]1c2c(c3ccccc3n2C)[C@H]2C[C@@H]1C(C(=O)N1[C@@H]3C[C@H]4CC[C@]3(CS1(=O)=O)C4(C)C)=CN2C. The Hall–Kier alpha value is -2.81. The van der Waals surface area contributed by atoms with E-state index in [1.54, 1.807) is 6.20 Å². The number of hydrogen-bond acceptors (Lipinski definition) is 6. The first-order valence-corrected chi connectivity index (χ1v) is 15.2. The third-order valence-corrected chi connectivity index (χ3v) is 13.1. The van der Waals surface area contributed by atoms with E-state index in [0.717, 1.165) is 41.4 Å². The molecule has 202 valence electrons. The molecule has 4 bridgehead atoms. The maximum atomic E-state index is 14.4. The molecule has 1 saturated heterocycles. The first-order chi connectivity index (χ1) is 17.9. The monoisotopic (exact) mass is 537 g/mol. The van der Waals surface area contributed by atoms with Gasteiger partial charge < -0.3 is 14.2 Å². The summed E-state index contributed by atoms with van der Waals surface area (Å²) in [6.07, 6.45) is 4.94. The van der Waals surface area contributed by atoms with Gasteiger partial charge in [-0.3, -0.25) is 9.59 Å². The summed E-state index contributed by atoms with van der Waals surface area (Å²) in [5, 5.41) is 1.09. The van der Waals surface area contributed by atoms with Crippen molar-refractivity contribution < 1.29 is 22.7 Å². The van der Waals surface area contributed by atoms with Gasteiger partial charge >= 0.3 is 5.97 Å². The Morgan fingerprint density at radius 3 is 2.55 bits per heavy atom. The molecule has 1 amide bonds. The van der Waals surface area contributed by atoms with Crippen molar-refractivity contribution in [1.29, 1.82) is 0 Å². The number of aryl methyl sites for hydroxylation is 1. The average Bonchev–Trinajstić information content (AvgIpc) is 3.48. The fraction of sp³-hybridized carbons (Fsp3) is 0.586. The Morgan fingerprint density at radius 1 is 1.11 bits per heavy atom. The van der Waals surface area contributed by atoms with Crippen LogP contribution in [0.2, 0.25) is 0 Å². The summed E-state index contributed by atoms with van der Waals surface area (Å²) < 4.78 is 36.0. The summed E-state index contributed by atoms with van der Waals surface area (Å²) in [5.41, 5.74) is 2.84. The van der Waals surface area contributed by atoms with Crippen LogP contribution >= 0.6 is 0 Å². The number of para-hydroxylation sites is 1. The number of nitrogens with zero attached hydrogens (tertiary/aromatic N) is 3. The van der Waals surface area contributed by atoms with Crippen LogP contribution in [0, 0.1) is 22.7 Å². The molecule has 2 aliphatic heterocycles. The van der Waals surface area contributed by atoms with Gasteiger partial charge in [0.05, 0.1) is 24.9 Å². The van der Waals surface area contributed by atoms with E-state index in [4.69, 9.17) is 4.74 Å². The molecule has 0 unspecified atom stereocenters. The van der Waals surface area contributed by atoms with E-state index in [1.165, 1.54) is 11.4 Å². The van der Waals surface area contributed by atoms with E-state index in [0.29, 0.717) is 17.9 Å². The molecular formula is C29H35N3O5S. The summed E-state index contributed by atoms with van der Waals surface area (Å²) in [6, 6.07) is 7.76. The Labute approximate surface area is 223 Å². The van der Waals surface area contributed by atoms with Crippen LogP contribution in [-0.2, 0) is 31.4 Å². The van der Waals surface area contributed by atoms with Crippen molar-refractivity contribution in [3.8, 4) is 0 Å². The van der Waals surface area contributed by atoms with Gasteiger partial charge in [-0.05, 0) is 43.1 Å². The van der Waals surface area contributed by atoms with Gasteiger partial charge in [-0.15, -0.1) is 0 Å². The number of methoxy groups -OCH3 is 1. The predicted octanol–water partition coefficient (Wildman–Crippen LogP) is 3.69. The Morgan fingerprint density at radius 2 is 1.84 bits per heavy atom. The molecule has 9 heteroatoms. The number of amides is 1. The van der Waals surface area contributed by atoms with Crippen LogP contribution in [0.5, 0.6) is 0 Å². The fourth-order valence-corrected chi connectivity index (χ4v) is 11.8. The second kappa shape index (κ2) is 7.43. The second-order valence-corrected chi connectivity index (χ2v) is 14.6. The second-order valence-electron chi connectivity index (χ2n) is 12.7. The van der Waals surface area contributed by atoms with E-state index < -0.39 is 39.2 Å². The van der Waals surface area contributed by atoms with E-state index in [-0.39, 0.29) is 23.3 Å². The Balaban J connectivity index is 1.36. The van der Waals surface area contributed by atoms with Gasteiger partial charge in [-0.1, -0.05) is 32.0 Å². The lowest BCUT2D eigenvalue weighted by Gasteiger charge is -2.45. The number of esters is 1. The standard InChI is InChI=1S/C29H35N3O5S/c1-28(2)16-10-11-29(28)15-38(35,36)32(22(29)12-16)26(33)19-14-30(3)21-13-18(19)24(27(34)37-5)25-23(21)17-8-6-7-9-20(17)31(25)4/h6-9,14,16,18,21-22,24H,10-13,15H2,1-5H3/t16-,18-,21-,22-,24+,29-/m1/s1. The van der Waals surface area contributed by atoms with E-state index in [1.807, 2.05) is 41.8 Å². The number of fused-ring (bicyclic) bond motifs is 7. The molecule has 6 atom stereocenters. The van der Waals surface area contributed by atoms with Crippen LogP contribution in [0.3, 0.4) is 0 Å². The van der Waals surface area contributed by atoms with Crippen molar-refractivity contribution in [2.75, 3.05) is 19.9 Å². The average molecular weight is 538 g/mol. The van der Waals surface area contributed by atoms with Gasteiger partial charge in [0, 0.05) is 59.4 Å². The lowest BCUT2D eigenvalue weighted by molar-refractivity contribution is -0.144. The van der Waals surface area contributed by atoms with Crippen molar-refractivity contribution in [2.45, 2.75) is 57.5 Å². The van der Waals surface area contributed by atoms with Crippen LogP contribution in [0.1, 0.15) is 62.7 Å². The number of carbonyl (C=O) groups excluding carboxylic acids is 2. The maximum Gasteiger partial charge on any atom is 0.315 e. The van der Waals surface area contributed by atoms with Crippen LogP contribution < -0.4 is 0 Å². The summed E-state index contributed by atoms with van der Waals surface area (Å²) in [4.78, 5) is 29.8. The highest BCUT2D eigenvalue weighted by atomic mass is 32.2. The van der Waals surface area contributed by atoms with Crippen molar-refractivity contribution in [1.82, 2.24) is 13.8 Å². The van der Waals surface area contributed by atoms with E-state index in [9.17, 15) is 18.0 Å². The maximum absolute atomic E-state index is 14.4. The molecule has 5 aliphatic rings. The largest absolute Gasteiger partial charge is 0.468 e. The number of ether oxygens (including phenoxy) is 1. The number of benzene rings is 1. The summed E-state index contributed by atoms with van der Waals surface area (Å²) in [6.45, 7) is 4.37. The zero-order valence-corrected chi connectivity index (χ0v) is 23.4. The zero-order valence-electron chi connectivity index (χ0n) is 22.6. The molecule has 3 fully saturated rings. The van der Waals surface area contributed by atoms with Crippen LogP contribution in [0.4, 0.5) is 0 Å². The summed E-state index contributed by atoms with van der Waals surface area (Å²) in [7, 11) is 1.49. The zero-order chi connectivity index (χ0) is 26.9. The molecule has 1 spiro atoms. The van der Waals surface area contributed by atoms with Crippen LogP contribution in [0.25, 0.3) is 10.9 Å². The van der Waals surface area contributed by atoms with Gasteiger partial charge in [0.2, 0.25) is 10.0 Å². The van der Waals surface area contributed by atoms with Gasteiger partial charge in [0.1, 0.15) is 5.92 Å². The van der Waals surface area contributed by atoms with Crippen molar-refractivity contribution in [3.63, 3.8) is 0 Å². The van der Waals surface area contributed by atoms with Gasteiger partial charge in [-0.25, -0.2) is 12.7 Å². The highest BCUT2D eigenvalue weighted by Gasteiger charge is 2.72. The third-order valence-electron chi connectivity index (χ3n) is 11.2. The molecule has 1 aromatic carbocycles. The number of aromatic nitrogens is 1. The first-order valence-electron chi connectivity index (χ1n) is 13.6. The normalized spacial score (nSPS) is 35.7. The molecule has 7 rings (SSSR count). The Kier molecular flexibility index (Phi) is 4.74. The van der Waals surface area contributed by atoms with Gasteiger partial charge in [-0.2, -0.15) is 0 Å². The number of hydrogen-bond donors (Lipinski definition) is 0. The molecule has 3 heterocycles. The molecule has 38 heavy (non-hydrogen) atoms. The molecule has 1 aromatic heterocycles. The van der Waals surface area contributed by atoms with E-state index >= 15 is 0 Å². The van der Waals surface area contributed by atoms with Crippen LogP contribution in [-0.4, -0.2) is 60.0 Å². The highest BCUT2D eigenvalue weighted by Crippen LogP contribution is 2.70. The minimum absolute atomic E-state index is 0.0264. The molecular weight excluding hydrogens is 502 g/mol. The number of carbonyl (C=O) groups is 2. The Bertz CT molecular complexity index is 1560. The molecule has 8 nitrogen and oxygen atoms in total. The fourth-order valence-electron chi connectivity index (χ4n) is 9.24. The quantitative estimate of drug-likeness (QED) is 0.543. The minimum atomic E-state index is -3.78. The van der Waals surface area contributed by atoms with Crippen molar-refractivity contribution in [2.24, 2.45) is 29.7 Å². The van der Waals surface area contributed by atoms with E-state index in [2.05, 4.69) is 19.9 Å². The minimum Gasteiger partial charge on any atom is -0.468 e. The topological polar surface area (TPSA) is 88.9 Å². The van der Waals surface area contributed by atoms with Crippen LogP contribution in [0.15, 0.2) is 36.0 Å². The summed E-state index contributed by atoms with van der Waals surface area (Å²) >= 11 is 0. The first kappa shape index (κ1) is 24.2. The van der Waals surface area contributed by atoms with Crippen molar-refractivity contribution >= 4 is 32.8 Å². The molecule has 0 radical (unpaired) electrons. The van der Waals surface area contributed by atoms with Crippen molar-refractivity contribution in [3.05, 3.63) is 47.3 Å². The number of sulfonamides is 1. The molecule has 3 aliphatic carbocycles. The number of rotatable bonds is 2. The molecule has 0 N–H and O–H groups in total. The van der Waals surface area contributed by atoms with Gasteiger partial charge in [0.25, 0.3) is 5.91 Å². The third kappa shape index (κ3) is 2.68. The highest BCUT2D eigenvalue weighted by molar-refractivity contribution is 7.90. The molecule has 2 aromatic rings. The smallest absolute Gasteiger partial charge is 0.315 e. The predicted molar refractivity (Wildman–Crippen MR) is 142 cm³/mol. The molecule has 2 saturated carbocycles. The summed E-state index contributed by atoms with van der Waals surface area (Å²) in [5.74, 6) is -1.56. The lowest BCUT2D eigenvalue weighted by atomic mass is 9.68. The lowest BCUT2D eigenvalue weighted by Crippen LogP contribution is -2.48.